The van der Waals surface area contributed by atoms with Crippen molar-refractivity contribution in [3.63, 3.8) is 0 Å². The Morgan fingerprint density at radius 1 is 1.45 bits per heavy atom. The SMILES string of the molecule is CC(C)CNC(=O)NC(=O)Cn1cc(CCCO)nn1. The molecule has 0 bridgehead atoms. The van der Waals surface area contributed by atoms with E-state index in [9.17, 15) is 9.59 Å². The van der Waals surface area contributed by atoms with Crippen LogP contribution in [0.3, 0.4) is 0 Å². The van der Waals surface area contributed by atoms with Gasteiger partial charge in [-0.05, 0) is 18.8 Å². The molecule has 1 aromatic heterocycles. The summed E-state index contributed by atoms with van der Waals surface area (Å²) in [6.07, 6.45) is 2.83. The summed E-state index contributed by atoms with van der Waals surface area (Å²) < 4.78 is 1.36. The molecule has 1 aromatic rings. The van der Waals surface area contributed by atoms with Crippen LogP contribution in [0.5, 0.6) is 0 Å². The van der Waals surface area contributed by atoms with Crippen molar-refractivity contribution >= 4 is 11.9 Å². The molecule has 0 spiro atoms. The molecule has 8 nitrogen and oxygen atoms in total. The van der Waals surface area contributed by atoms with Crippen molar-refractivity contribution in [2.24, 2.45) is 5.92 Å². The van der Waals surface area contributed by atoms with Crippen LogP contribution in [0.2, 0.25) is 0 Å². The number of hydrogen-bond acceptors (Lipinski definition) is 5. The van der Waals surface area contributed by atoms with E-state index in [1.165, 1.54) is 4.68 Å². The molecule has 20 heavy (non-hydrogen) atoms. The molecule has 0 fully saturated rings. The Bertz CT molecular complexity index is 444. The molecule has 1 heterocycles. The standard InChI is InChI=1S/C12H21N5O3/c1-9(2)6-13-12(20)14-11(19)8-17-7-10(15-16-17)4-3-5-18/h7,9,18H,3-6,8H2,1-2H3,(H2,13,14,19,20). The number of nitrogens with one attached hydrogen (secondary N) is 2. The molecule has 0 radical (unpaired) electrons. The van der Waals surface area contributed by atoms with Crippen molar-refractivity contribution in [1.29, 1.82) is 0 Å². The van der Waals surface area contributed by atoms with Gasteiger partial charge < -0.3 is 10.4 Å². The van der Waals surface area contributed by atoms with Crippen LogP contribution in [0.4, 0.5) is 4.79 Å². The highest BCUT2D eigenvalue weighted by Gasteiger charge is 2.10. The second kappa shape index (κ2) is 8.26. The van der Waals surface area contributed by atoms with Gasteiger partial charge in [0.25, 0.3) is 0 Å². The first-order chi connectivity index (χ1) is 9.51. The number of aliphatic hydroxyl groups is 1. The van der Waals surface area contributed by atoms with E-state index >= 15 is 0 Å². The van der Waals surface area contributed by atoms with E-state index in [-0.39, 0.29) is 13.2 Å². The molecule has 0 unspecified atom stereocenters. The number of carbonyl (C=O) groups excluding carboxylic acids is 2. The highest BCUT2D eigenvalue weighted by molar-refractivity contribution is 5.94. The van der Waals surface area contributed by atoms with E-state index in [1.54, 1.807) is 6.20 Å². The number of aliphatic hydroxyl groups excluding tert-OH is 1. The first kappa shape index (κ1) is 16.1. The van der Waals surface area contributed by atoms with Crippen LogP contribution in [0.15, 0.2) is 6.20 Å². The Hall–Kier alpha value is -1.96. The fraction of sp³-hybridized carbons (Fsp3) is 0.667. The number of amides is 3. The van der Waals surface area contributed by atoms with Gasteiger partial charge in [0.1, 0.15) is 6.54 Å². The monoisotopic (exact) mass is 283 g/mol. The van der Waals surface area contributed by atoms with Gasteiger partial charge in [-0.2, -0.15) is 0 Å². The van der Waals surface area contributed by atoms with Crippen molar-refractivity contribution in [2.75, 3.05) is 13.2 Å². The third kappa shape index (κ3) is 6.28. The van der Waals surface area contributed by atoms with Gasteiger partial charge in [0.15, 0.2) is 0 Å². The number of nitrogens with zero attached hydrogens (tertiary/aromatic N) is 3. The van der Waals surface area contributed by atoms with Crippen molar-refractivity contribution in [1.82, 2.24) is 25.6 Å². The molecule has 3 amide bonds. The van der Waals surface area contributed by atoms with Crippen LogP contribution in [0.25, 0.3) is 0 Å². The maximum Gasteiger partial charge on any atom is 0.321 e. The van der Waals surface area contributed by atoms with Crippen LogP contribution < -0.4 is 10.6 Å². The predicted octanol–water partition coefficient (Wildman–Crippen LogP) is -0.315. The van der Waals surface area contributed by atoms with Gasteiger partial charge >= 0.3 is 6.03 Å². The molecule has 0 aliphatic carbocycles. The van der Waals surface area contributed by atoms with E-state index in [4.69, 9.17) is 5.11 Å². The maximum atomic E-state index is 11.6. The number of aromatic nitrogens is 3. The molecule has 0 aliphatic rings. The average Bonchev–Trinajstić information content (AvgIpc) is 2.81. The summed E-state index contributed by atoms with van der Waals surface area (Å²) >= 11 is 0. The van der Waals surface area contributed by atoms with Gasteiger partial charge in [0.05, 0.1) is 5.69 Å². The summed E-state index contributed by atoms with van der Waals surface area (Å²) in [5.41, 5.74) is 0.705. The summed E-state index contributed by atoms with van der Waals surface area (Å²) in [4.78, 5) is 23.0. The Kier molecular flexibility index (Phi) is 6.65. The second-order valence-corrected chi connectivity index (χ2v) is 4.89. The van der Waals surface area contributed by atoms with Gasteiger partial charge in [-0.15, -0.1) is 5.10 Å². The third-order valence-corrected chi connectivity index (χ3v) is 2.41. The zero-order valence-electron chi connectivity index (χ0n) is 11.8. The Morgan fingerprint density at radius 2 is 2.20 bits per heavy atom. The molecule has 0 aliphatic heterocycles. The molecular weight excluding hydrogens is 262 g/mol. The van der Waals surface area contributed by atoms with Crippen LogP contribution >= 0.6 is 0 Å². The van der Waals surface area contributed by atoms with E-state index in [2.05, 4.69) is 20.9 Å². The quantitative estimate of drug-likeness (QED) is 0.635. The van der Waals surface area contributed by atoms with Gasteiger partial charge in [-0.1, -0.05) is 19.1 Å². The molecule has 3 N–H and O–H groups in total. The summed E-state index contributed by atoms with van der Waals surface area (Å²) in [5.74, 6) is -0.134. The summed E-state index contributed by atoms with van der Waals surface area (Å²) in [7, 11) is 0. The number of aryl methyl sites for hydroxylation is 1. The molecule has 0 atom stereocenters. The van der Waals surface area contributed by atoms with E-state index < -0.39 is 11.9 Å². The van der Waals surface area contributed by atoms with Crippen LogP contribution in [-0.2, 0) is 17.8 Å². The number of hydrogen-bond donors (Lipinski definition) is 3. The van der Waals surface area contributed by atoms with Crippen molar-refractivity contribution < 1.29 is 14.7 Å². The summed E-state index contributed by atoms with van der Waals surface area (Å²) in [6, 6.07) is -0.510. The zero-order valence-corrected chi connectivity index (χ0v) is 11.8. The highest BCUT2D eigenvalue weighted by Crippen LogP contribution is 1.97. The summed E-state index contributed by atoms with van der Waals surface area (Å²) in [6.45, 7) is 4.45. The van der Waals surface area contributed by atoms with Crippen LogP contribution in [0, 0.1) is 5.92 Å². The Balaban J connectivity index is 2.34. The largest absolute Gasteiger partial charge is 0.396 e. The molecule has 1 rings (SSSR count). The Labute approximate surface area is 117 Å². The average molecular weight is 283 g/mol. The lowest BCUT2D eigenvalue weighted by Gasteiger charge is -2.08. The number of carbonyl (C=O) groups is 2. The molecule has 0 aromatic carbocycles. The minimum absolute atomic E-state index is 0.0682. The lowest BCUT2D eigenvalue weighted by atomic mass is 10.2. The fourth-order valence-electron chi connectivity index (χ4n) is 1.44. The van der Waals surface area contributed by atoms with E-state index in [0.717, 1.165) is 0 Å². The third-order valence-electron chi connectivity index (χ3n) is 2.41. The smallest absolute Gasteiger partial charge is 0.321 e. The first-order valence-electron chi connectivity index (χ1n) is 6.58. The van der Waals surface area contributed by atoms with Crippen molar-refractivity contribution in [2.45, 2.75) is 33.2 Å². The normalized spacial score (nSPS) is 10.6. The van der Waals surface area contributed by atoms with E-state index in [1.807, 2.05) is 13.8 Å². The minimum atomic E-state index is -0.510. The minimum Gasteiger partial charge on any atom is -0.396 e. The van der Waals surface area contributed by atoms with E-state index in [0.29, 0.717) is 31.0 Å². The molecular formula is C12H21N5O3. The second-order valence-electron chi connectivity index (χ2n) is 4.89. The number of urea groups is 1. The lowest BCUT2D eigenvalue weighted by molar-refractivity contribution is -0.120. The highest BCUT2D eigenvalue weighted by atomic mass is 16.3. The number of imide groups is 1. The Morgan fingerprint density at radius 3 is 2.85 bits per heavy atom. The summed E-state index contributed by atoms with van der Waals surface area (Å²) in [5, 5.41) is 21.2. The number of rotatable bonds is 7. The van der Waals surface area contributed by atoms with Gasteiger partial charge in [0, 0.05) is 19.3 Å². The van der Waals surface area contributed by atoms with Crippen LogP contribution in [-0.4, -0.2) is 45.2 Å². The first-order valence-corrected chi connectivity index (χ1v) is 6.58. The fourth-order valence-corrected chi connectivity index (χ4v) is 1.44. The van der Waals surface area contributed by atoms with Gasteiger partial charge in [0.2, 0.25) is 5.91 Å². The topological polar surface area (TPSA) is 109 Å². The molecule has 112 valence electrons. The van der Waals surface area contributed by atoms with Crippen molar-refractivity contribution in [3.05, 3.63) is 11.9 Å². The van der Waals surface area contributed by atoms with Gasteiger partial charge in [-0.3, -0.25) is 10.1 Å². The van der Waals surface area contributed by atoms with Gasteiger partial charge in [-0.25, -0.2) is 9.48 Å². The lowest BCUT2D eigenvalue weighted by Crippen LogP contribution is -2.42. The molecule has 0 saturated heterocycles. The maximum absolute atomic E-state index is 11.6. The molecule has 0 saturated carbocycles. The van der Waals surface area contributed by atoms with Crippen molar-refractivity contribution in [3.8, 4) is 0 Å². The molecule has 8 heteroatoms. The predicted molar refractivity (Wildman–Crippen MR) is 71.8 cm³/mol. The zero-order chi connectivity index (χ0) is 15.0. The van der Waals surface area contributed by atoms with Crippen LogP contribution in [0.1, 0.15) is 26.0 Å².